The maximum atomic E-state index is 4.19. The van der Waals surface area contributed by atoms with Crippen molar-refractivity contribution in [2.24, 2.45) is 0 Å². The summed E-state index contributed by atoms with van der Waals surface area (Å²) in [5, 5.41) is 0. The SMILES string of the molecule is C(#CC(c1ccccc1)(c1ccccc1)[As](c1ccccc1)(c1ccccc1)(c1ccccc1)c1ccccc1)c1ccccc1. The van der Waals surface area contributed by atoms with Gasteiger partial charge in [-0.2, -0.15) is 0 Å². The first-order valence-corrected chi connectivity index (χ1v) is 20.4. The third kappa shape index (κ3) is 4.32. The zero-order valence-electron chi connectivity index (χ0n) is 25.7. The predicted molar refractivity (Wildman–Crippen MR) is 197 cm³/mol. The molecule has 1 heteroatoms. The Morgan fingerprint density at radius 2 is 0.565 bits per heavy atom. The van der Waals surface area contributed by atoms with E-state index in [-0.39, 0.29) is 0 Å². The van der Waals surface area contributed by atoms with Crippen molar-refractivity contribution in [1.29, 1.82) is 0 Å². The minimum absolute atomic E-state index is 0.817. The average Bonchev–Trinajstić information content (AvgIpc) is 3.16. The Bertz CT molecular complexity index is 1850. The van der Waals surface area contributed by atoms with Crippen LogP contribution < -0.4 is 17.4 Å². The van der Waals surface area contributed by atoms with Gasteiger partial charge in [0.05, 0.1) is 0 Å². The second-order valence-electron chi connectivity index (χ2n) is 11.5. The van der Waals surface area contributed by atoms with E-state index >= 15 is 0 Å². The molecule has 7 aromatic rings. The van der Waals surface area contributed by atoms with E-state index in [2.05, 4.69) is 224 Å². The monoisotopic (exact) mass is 650 g/mol. The summed E-state index contributed by atoms with van der Waals surface area (Å²) >= 11 is -4.94. The van der Waals surface area contributed by atoms with Crippen LogP contribution >= 0.6 is 0 Å². The fraction of sp³-hybridized carbons (Fsp3) is 0.0222. The van der Waals surface area contributed by atoms with Crippen molar-refractivity contribution in [2.45, 2.75) is 4.20 Å². The van der Waals surface area contributed by atoms with Gasteiger partial charge >= 0.3 is 275 Å². The molecular formula is C45H35As. The summed E-state index contributed by atoms with van der Waals surface area (Å²) in [4.78, 5) is 0. The Morgan fingerprint density at radius 1 is 0.304 bits per heavy atom. The van der Waals surface area contributed by atoms with Gasteiger partial charge in [0.2, 0.25) is 0 Å². The van der Waals surface area contributed by atoms with Crippen molar-refractivity contribution in [1.82, 2.24) is 0 Å². The van der Waals surface area contributed by atoms with Crippen LogP contribution in [0.2, 0.25) is 0 Å². The average molecular weight is 651 g/mol. The summed E-state index contributed by atoms with van der Waals surface area (Å²) in [5.41, 5.74) is 3.35. The molecule has 0 heterocycles. The van der Waals surface area contributed by atoms with Crippen LogP contribution in [-0.4, -0.2) is 12.5 Å². The van der Waals surface area contributed by atoms with E-state index in [9.17, 15) is 0 Å². The molecule has 0 aliphatic carbocycles. The molecule has 0 atom stereocenters. The van der Waals surface area contributed by atoms with Crippen LogP contribution in [0.15, 0.2) is 212 Å². The van der Waals surface area contributed by atoms with Gasteiger partial charge in [-0.25, -0.2) is 0 Å². The molecule has 0 bridgehead atoms. The van der Waals surface area contributed by atoms with Gasteiger partial charge in [-0.3, -0.25) is 0 Å². The Labute approximate surface area is 273 Å². The van der Waals surface area contributed by atoms with Crippen molar-refractivity contribution in [3.63, 3.8) is 0 Å². The predicted octanol–water partition coefficient (Wildman–Crippen LogP) is 7.60. The van der Waals surface area contributed by atoms with Gasteiger partial charge < -0.3 is 0 Å². The van der Waals surface area contributed by atoms with E-state index in [0.29, 0.717) is 0 Å². The fourth-order valence-corrected chi connectivity index (χ4v) is 24.4. The van der Waals surface area contributed by atoms with Gasteiger partial charge in [0.25, 0.3) is 0 Å². The van der Waals surface area contributed by atoms with Crippen LogP contribution in [0, 0.1) is 11.8 Å². The summed E-state index contributed by atoms with van der Waals surface area (Å²) in [6, 6.07) is 77.6. The van der Waals surface area contributed by atoms with Crippen molar-refractivity contribution < 1.29 is 0 Å². The Balaban J connectivity index is 1.89. The van der Waals surface area contributed by atoms with Gasteiger partial charge in [-0.05, 0) is 0 Å². The van der Waals surface area contributed by atoms with Crippen molar-refractivity contribution in [2.75, 3.05) is 0 Å². The Hall–Kier alpha value is -5.34. The molecule has 0 N–H and O–H groups in total. The molecule has 0 aromatic heterocycles. The van der Waals surface area contributed by atoms with E-state index in [4.69, 9.17) is 0 Å². The molecule has 0 radical (unpaired) electrons. The number of benzene rings is 7. The normalized spacial score (nSPS) is 12.2. The molecule has 0 aliphatic rings. The molecule has 0 saturated carbocycles. The first kappa shape index (κ1) is 29.4. The third-order valence-electron chi connectivity index (χ3n) is 9.31. The molecule has 0 unspecified atom stereocenters. The summed E-state index contributed by atoms with van der Waals surface area (Å²) in [5.74, 6) is 7.97. The molecule has 0 nitrogen and oxygen atoms in total. The van der Waals surface area contributed by atoms with Crippen molar-refractivity contribution in [3.8, 4) is 11.8 Å². The molecule has 7 rings (SSSR count). The molecule has 46 heavy (non-hydrogen) atoms. The fourth-order valence-electron chi connectivity index (χ4n) is 7.56. The zero-order chi connectivity index (χ0) is 31.2. The molecule has 0 aliphatic heterocycles. The zero-order valence-corrected chi connectivity index (χ0v) is 27.5. The first-order valence-electron chi connectivity index (χ1n) is 15.7. The Morgan fingerprint density at radius 3 is 0.870 bits per heavy atom. The van der Waals surface area contributed by atoms with Crippen molar-refractivity contribution in [3.05, 3.63) is 229 Å². The van der Waals surface area contributed by atoms with Crippen LogP contribution in [0.5, 0.6) is 0 Å². The molecule has 220 valence electrons. The third-order valence-corrected chi connectivity index (χ3v) is 24.6. The quantitative estimate of drug-likeness (QED) is 0.123. The second kappa shape index (κ2) is 12.6. The Kier molecular flexibility index (Phi) is 8.03. The van der Waals surface area contributed by atoms with Crippen LogP contribution in [0.1, 0.15) is 16.7 Å². The number of hydrogen-bond donors (Lipinski definition) is 0. The summed E-state index contributed by atoms with van der Waals surface area (Å²) in [6.07, 6.45) is 0. The summed E-state index contributed by atoms with van der Waals surface area (Å²) in [6.45, 7) is 0. The van der Waals surface area contributed by atoms with E-state index < -0.39 is 16.7 Å². The van der Waals surface area contributed by atoms with Gasteiger partial charge in [-0.1, -0.05) is 0 Å². The molecule has 0 fully saturated rings. The van der Waals surface area contributed by atoms with E-state index in [1.807, 2.05) is 0 Å². The van der Waals surface area contributed by atoms with E-state index in [1.54, 1.807) is 0 Å². The van der Waals surface area contributed by atoms with E-state index in [0.717, 1.165) is 5.56 Å². The standard InChI is InChI=1S/C45H35As/c1-8-22-38(23-9-1)36-37-45(39-24-10-2-11-25-39,40-26-12-3-13-27-40)46(41-28-14-4-15-29-41,42-30-16-5-17-31-42,43-32-18-6-19-33-43)44-34-20-7-21-35-44/h1-35H. The topological polar surface area (TPSA) is 0 Å². The molecule has 0 saturated heterocycles. The summed E-state index contributed by atoms with van der Waals surface area (Å²) in [7, 11) is 0. The second-order valence-corrected chi connectivity index (χ2v) is 22.0. The van der Waals surface area contributed by atoms with Gasteiger partial charge in [0, 0.05) is 0 Å². The molecule has 0 spiro atoms. The molecule has 7 aromatic carbocycles. The van der Waals surface area contributed by atoms with Crippen LogP contribution in [0.25, 0.3) is 0 Å². The van der Waals surface area contributed by atoms with Crippen LogP contribution in [0.3, 0.4) is 0 Å². The first-order chi connectivity index (χ1) is 22.8. The van der Waals surface area contributed by atoms with Crippen molar-refractivity contribution >= 4 is 29.9 Å². The van der Waals surface area contributed by atoms with Gasteiger partial charge in [-0.15, -0.1) is 0 Å². The maximum absolute atomic E-state index is 4.94. The van der Waals surface area contributed by atoms with Crippen LogP contribution in [-0.2, 0) is 4.20 Å². The van der Waals surface area contributed by atoms with Gasteiger partial charge in [0.1, 0.15) is 0 Å². The van der Waals surface area contributed by atoms with Gasteiger partial charge in [0.15, 0.2) is 0 Å². The molecule has 0 amide bonds. The summed E-state index contributed by atoms with van der Waals surface area (Å²) < 4.78 is 4.40. The number of rotatable bonds is 7. The number of hydrogen-bond acceptors (Lipinski definition) is 0. The molecular weight excluding hydrogens is 615 g/mol. The minimum atomic E-state index is -4.94. The van der Waals surface area contributed by atoms with Crippen LogP contribution in [0.4, 0.5) is 0 Å². The van der Waals surface area contributed by atoms with E-state index in [1.165, 1.54) is 28.5 Å².